The van der Waals surface area contributed by atoms with E-state index in [9.17, 15) is 4.79 Å². The second-order valence-electron chi connectivity index (χ2n) is 7.68. The molecule has 158 valence electrons. The van der Waals surface area contributed by atoms with Gasteiger partial charge in [-0.1, -0.05) is 35.9 Å². The van der Waals surface area contributed by atoms with Crippen LogP contribution in [0.1, 0.15) is 11.1 Å². The number of benzene rings is 2. The number of hydrogen-bond donors (Lipinski definition) is 0. The van der Waals surface area contributed by atoms with Gasteiger partial charge in [-0.25, -0.2) is 15.0 Å². The highest BCUT2D eigenvalue weighted by atomic mass is 16.1. The molecule has 0 unspecified atom stereocenters. The van der Waals surface area contributed by atoms with Gasteiger partial charge in [0.25, 0.3) is 5.56 Å². The van der Waals surface area contributed by atoms with Crippen LogP contribution < -0.4 is 5.56 Å². The summed E-state index contributed by atoms with van der Waals surface area (Å²) in [4.78, 5) is 31.9. The molecular formula is C25H17N7O. The Labute approximate surface area is 187 Å². The summed E-state index contributed by atoms with van der Waals surface area (Å²) < 4.78 is 3.09. The number of nitrogens with zero attached hydrogens (tertiary/aromatic N) is 7. The maximum absolute atomic E-state index is 13.6. The minimum atomic E-state index is -0.228. The molecule has 6 rings (SSSR count). The minimum absolute atomic E-state index is 0.228. The summed E-state index contributed by atoms with van der Waals surface area (Å²) >= 11 is 0. The predicted molar refractivity (Wildman–Crippen MR) is 128 cm³/mol. The Hall–Kier alpha value is -4.72. The Kier molecular flexibility index (Phi) is 4.29. The van der Waals surface area contributed by atoms with Gasteiger partial charge in [0.1, 0.15) is 17.2 Å². The summed E-state index contributed by atoms with van der Waals surface area (Å²) in [5, 5.41) is 4.96. The van der Waals surface area contributed by atoms with Crippen LogP contribution in [0.5, 0.6) is 0 Å². The van der Waals surface area contributed by atoms with Crippen molar-refractivity contribution in [3.05, 3.63) is 101 Å². The topological polar surface area (TPSA) is 90.8 Å². The minimum Gasteiger partial charge on any atom is -0.268 e. The lowest BCUT2D eigenvalue weighted by Crippen LogP contribution is -2.18. The zero-order valence-electron chi connectivity index (χ0n) is 17.6. The molecule has 4 aromatic heterocycles. The van der Waals surface area contributed by atoms with E-state index in [0.717, 1.165) is 16.8 Å². The summed E-state index contributed by atoms with van der Waals surface area (Å²) in [5.41, 5.74) is 5.17. The van der Waals surface area contributed by atoms with Gasteiger partial charge in [-0.2, -0.15) is 9.78 Å². The molecule has 8 heteroatoms. The Bertz CT molecular complexity index is 1730. The van der Waals surface area contributed by atoms with E-state index in [-0.39, 0.29) is 5.56 Å². The number of fused-ring (bicyclic) bond motifs is 4. The molecule has 0 bridgehead atoms. The third-order valence-corrected chi connectivity index (χ3v) is 5.46. The van der Waals surface area contributed by atoms with Crippen LogP contribution in [0.3, 0.4) is 0 Å². The molecule has 0 radical (unpaired) electrons. The van der Waals surface area contributed by atoms with Gasteiger partial charge in [0.2, 0.25) is 0 Å². The van der Waals surface area contributed by atoms with Crippen molar-refractivity contribution >= 4 is 39.4 Å². The lowest BCUT2D eigenvalue weighted by atomic mass is 10.2. The SMILES string of the molecule is Cc1ccc(-n2cnc3c(c2=O)c2nc4ccccc4nc2n3N=Cc2cccnc2)cc1. The first-order chi connectivity index (χ1) is 16.2. The van der Waals surface area contributed by atoms with Crippen LogP contribution in [0.2, 0.25) is 0 Å². The highest BCUT2D eigenvalue weighted by Gasteiger charge is 2.20. The van der Waals surface area contributed by atoms with E-state index in [1.54, 1.807) is 23.3 Å². The third kappa shape index (κ3) is 3.16. The Morgan fingerprint density at radius 2 is 1.70 bits per heavy atom. The average Bonchev–Trinajstić information content (AvgIpc) is 3.16. The molecule has 0 spiro atoms. The fourth-order valence-electron chi connectivity index (χ4n) is 3.80. The summed E-state index contributed by atoms with van der Waals surface area (Å²) in [6, 6.07) is 19.0. The Morgan fingerprint density at radius 3 is 2.45 bits per heavy atom. The third-order valence-electron chi connectivity index (χ3n) is 5.46. The number of aryl methyl sites for hydroxylation is 1. The van der Waals surface area contributed by atoms with Crippen molar-refractivity contribution in [2.24, 2.45) is 5.10 Å². The van der Waals surface area contributed by atoms with Gasteiger partial charge in [0, 0.05) is 18.0 Å². The van der Waals surface area contributed by atoms with Crippen LogP contribution in [0.25, 0.3) is 38.9 Å². The smallest absolute Gasteiger partial charge is 0.268 e. The highest BCUT2D eigenvalue weighted by molar-refractivity contribution is 6.05. The Morgan fingerprint density at radius 1 is 0.909 bits per heavy atom. The molecule has 0 aliphatic heterocycles. The summed E-state index contributed by atoms with van der Waals surface area (Å²) in [6.45, 7) is 2.00. The zero-order valence-corrected chi connectivity index (χ0v) is 17.6. The van der Waals surface area contributed by atoms with Crippen LogP contribution in [0, 0.1) is 6.92 Å². The maximum Gasteiger partial charge on any atom is 0.269 e. The van der Waals surface area contributed by atoms with Gasteiger partial charge in [-0.3, -0.25) is 14.3 Å². The lowest BCUT2D eigenvalue weighted by Gasteiger charge is -2.05. The molecule has 6 aromatic rings. The fourth-order valence-corrected chi connectivity index (χ4v) is 3.80. The van der Waals surface area contributed by atoms with Gasteiger partial charge in [0.05, 0.1) is 22.9 Å². The molecule has 8 nitrogen and oxygen atoms in total. The van der Waals surface area contributed by atoms with Gasteiger partial charge >= 0.3 is 0 Å². The largest absolute Gasteiger partial charge is 0.269 e. The van der Waals surface area contributed by atoms with Gasteiger partial charge in [-0.05, 0) is 37.3 Å². The molecule has 4 heterocycles. The van der Waals surface area contributed by atoms with Crippen molar-refractivity contribution in [2.75, 3.05) is 0 Å². The number of para-hydroxylation sites is 2. The zero-order chi connectivity index (χ0) is 22.4. The van der Waals surface area contributed by atoms with E-state index >= 15 is 0 Å². The number of aromatic nitrogens is 6. The predicted octanol–water partition coefficient (Wildman–Crippen LogP) is 3.87. The van der Waals surface area contributed by atoms with E-state index in [1.807, 2.05) is 67.6 Å². The van der Waals surface area contributed by atoms with Crippen LogP contribution in [-0.2, 0) is 0 Å². The maximum atomic E-state index is 13.6. The molecule has 0 N–H and O–H groups in total. The first-order valence-electron chi connectivity index (χ1n) is 10.4. The van der Waals surface area contributed by atoms with Gasteiger partial charge in [0.15, 0.2) is 11.3 Å². The number of rotatable bonds is 3. The Balaban J connectivity index is 1.68. The monoisotopic (exact) mass is 431 g/mol. The second kappa shape index (κ2) is 7.45. The molecule has 0 fully saturated rings. The molecular weight excluding hydrogens is 414 g/mol. The van der Waals surface area contributed by atoms with Crippen molar-refractivity contribution in [2.45, 2.75) is 6.92 Å². The number of hydrogen-bond acceptors (Lipinski definition) is 6. The second-order valence-corrected chi connectivity index (χ2v) is 7.68. The molecule has 0 amide bonds. The quantitative estimate of drug-likeness (QED) is 0.397. The molecule has 0 atom stereocenters. The van der Waals surface area contributed by atoms with Crippen LogP contribution in [-0.4, -0.2) is 35.4 Å². The molecule has 0 aliphatic rings. The first kappa shape index (κ1) is 19.0. The summed E-state index contributed by atoms with van der Waals surface area (Å²) in [7, 11) is 0. The average molecular weight is 431 g/mol. The standard InChI is InChI=1S/C25H17N7O/c1-16-8-10-18(11-9-16)31-15-27-23-21(25(31)33)22-24(30-20-7-3-2-6-19(20)29-22)32(23)28-14-17-5-4-12-26-13-17/h2-15H,1H3. The summed E-state index contributed by atoms with van der Waals surface area (Å²) in [5.74, 6) is 0. The summed E-state index contributed by atoms with van der Waals surface area (Å²) in [6.07, 6.45) is 6.58. The highest BCUT2D eigenvalue weighted by Crippen LogP contribution is 2.25. The fraction of sp³-hybridized carbons (Fsp3) is 0.0400. The first-order valence-corrected chi connectivity index (χ1v) is 10.4. The van der Waals surface area contributed by atoms with Crippen molar-refractivity contribution < 1.29 is 0 Å². The van der Waals surface area contributed by atoms with Gasteiger partial charge in [-0.15, -0.1) is 0 Å². The molecule has 0 aliphatic carbocycles. The lowest BCUT2D eigenvalue weighted by molar-refractivity contribution is 0.906. The molecule has 2 aromatic carbocycles. The van der Waals surface area contributed by atoms with Crippen molar-refractivity contribution in [3.8, 4) is 5.69 Å². The van der Waals surface area contributed by atoms with Gasteiger partial charge < -0.3 is 0 Å². The van der Waals surface area contributed by atoms with Crippen LogP contribution in [0.15, 0.2) is 89.3 Å². The number of pyridine rings is 1. The van der Waals surface area contributed by atoms with E-state index in [4.69, 9.17) is 9.97 Å². The normalized spacial score (nSPS) is 11.8. The van der Waals surface area contributed by atoms with E-state index in [0.29, 0.717) is 33.2 Å². The van der Waals surface area contributed by atoms with Crippen LogP contribution in [0.4, 0.5) is 0 Å². The van der Waals surface area contributed by atoms with Crippen molar-refractivity contribution in [1.82, 2.24) is 29.2 Å². The van der Waals surface area contributed by atoms with E-state index in [2.05, 4.69) is 15.1 Å². The van der Waals surface area contributed by atoms with E-state index < -0.39 is 0 Å². The van der Waals surface area contributed by atoms with E-state index in [1.165, 1.54) is 10.9 Å². The molecule has 0 saturated carbocycles. The van der Waals surface area contributed by atoms with Crippen LogP contribution >= 0.6 is 0 Å². The van der Waals surface area contributed by atoms with Crippen molar-refractivity contribution in [1.29, 1.82) is 0 Å². The van der Waals surface area contributed by atoms with Crippen molar-refractivity contribution in [3.63, 3.8) is 0 Å². The molecule has 33 heavy (non-hydrogen) atoms. The molecule has 0 saturated heterocycles.